The Morgan fingerprint density at radius 2 is 2.30 bits per heavy atom. The van der Waals surface area contributed by atoms with Crippen molar-refractivity contribution < 1.29 is 14.3 Å². The Hall–Kier alpha value is -0.510. The van der Waals surface area contributed by atoms with E-state index in [9.17, 15) is 4.79 Å². The second-order valence-electron chi connectivity index (χ2n) is 1.93. The lowest BCUT2D eigenvalue weighted by Gasteiger charge is -1.98. The van der Waals surface area contributed by atoms with Crippen molar-refractivity contribution in [1.82, 2.24) is 0 Å². The third kappa shape index (κ3) is 1.03. The number of methoxy groups -OCH3 is 1. The smallest absolute Gasteiger partial charge is 0.375 e. The Bertz CT molecular complexity index is 197. The zero-order valence-corrected chi connectivity index (χ0v) is 7.27. The topological polar surface area (TPSA) is 35.5 Å². The Labute approximate surface area is 67.1 Å². The second-order valence-corrected chi connectivity index (χ2v) is 2.78. The van der Waals surface area contributed by atoms with Gasteiger partial charge in [-0.25, -0.2) is 4.79 Å². The van der Waals surface area contributed by atoms with E-state index in [1.165, 1.54) is 7.11 Å². The van der Waals surface area contributed by atoms with Crippen LogP contribution in [0.15, 0.2) is 10.2 Å². The first-order chi connectivity index (χ1) is 4.66. The summed E-state index contributed by atoms with van der Waals surface area (Å²) in [5.41, 5.74) is 0. The molecule has 0 saturated carbocycles. The van der Waals surface area contributed by atoms with Crippen LogP contribution in [0, 0.1) is 0 Å². The van der Waals surface area contributed by atoms with Crippen LogP contribution >= 0.6 is 15.9 Å². The van der Waals surface area contributed by atoms with E-state index in [-0.39, 0.29) is 11.9 Å². The van der Waals surface area contributed by atoms with E-state index in [2.05, 4.69) is 15.9 Å². The van der Waals surface area contributed by atoms with E-state index in [1.54, 1.807) is 6.92 Å². The molecule has 0 fully saturated rings. The third-order valence-electron chi connectivity index (χ3n) is 1.25. The van der Waals surface area contributed by atoms with Gasteiger partial charge >= 0.3 is 5.97 Å². The van der Waals surface area contributed by atoms with Crippen LogP contribution in [-0.4, -0.2) is 19.2 Å². The normalized spacial score (nSPS) is 25.1. The van der Waals surface area contributed by atoms with Crippen molar-refractivity contribution in [1.29, 1.82) is 0 Å². The zero-order chi connectivity index (χ0) is 7.72. The first-order valence-electron chi connectivity index (χ1n) is 2.81. The molecule has 0 radical (unpaired) electrons. The predicted molar refractivity (Wildman–Crippen MR) is 38.5 cm³/mol. The Balaban J connectivity index is 2.90. The standard InChI is InChI=1S/C6H7BrO3/c1-3-4(7)5(9-2)6(8)10-3/h3H,1-2H3. The van der Waals surface area contributed by atoms with Crippen molar-refractivity contribution in [2.45, 2.75) is 13.0 Å². The molecule has 1 heterocycles. The maximum absolute atomic E-state index is 10.8. The average Bonchev–Trinajstić information content (AvgIpc) is 2.09. The first kappa shape index (κ1) is 7.60. The van der Waals surface area contributed by atoms with E-state index in [4.69, 9.17) is 9.47 Å². The fourth-order valence-electron chi connectivity index (χ4n) is 0.729. The number of hydrogen-bond donors (Lipinski definition) is 0. The minimum atomic E-state index is -0.401. The highest BCUT2D eigenvalue weighted by molar-refractivity contribution is 9.11. The van der Waals surface area contributed by atoms with Crippen LogP contribution in [0.25, 0.3) is 0 Å². The summed E-state index contributed by atoms with van der Waals surface area (Å²) in [6.07, 6.45) is -0.206. The van der Waals surface area contributed by atoms with Gasteiger partial charge in [-0.2, -0.15) is 0 Å². The van der Waals surface area contributed by atoms with Crippen molar-refractivity contribution in [2.24, 2.45) is 0 Å². The lowest BCUT2D eigenvalue weighted by atomic mass is 10.4. The minimum absolute atomic E-state index is 0.206. The molecule has 0 aliphatic carbocycles. The summed E-state index contributed by atoms with van der Waals surface area (Å²) in [5, 5.41) is 0. The number of cyclic esters (lactones) is 1. The number of halogens is 1. The molecule has 1 aliphatic heterocycles. The molecule has 1 atom stereocenters. The van der Waals surface area contributed by atoms with Crippen molar-refractivity contribution >= 4 is 21.9 Å². The predicted octanol–water partition coefficient (Wildman–Crippen LogP) is 1.18. The molecule has 0 aromatic heterocycles. The van der Waals surface area contributed by atoms with Crippen LogP contribution in [-0.2, 0) is 14.3 Å². The summed E-state index contributed by atoms with van der Waals surface area (Å²) >= 11 is 3.18. The van der Waals surface area contributed by atoms with Crippen LogP contribution in [0.1, 0.15) is 6.92 Å². The Kier molecular flexibility index (Phi) is 1.99. The second kappa shape index (κ2) is 2.62. The lowest BCUT2D eigenvalue weighted by Crippen LogP contribution is -2.04. The zero-order valence-electron chi connectivity index (χ0n) is 5.68. The van der Waals surface area contributed by atoms with Gasteiger partial charge in [-0.3, -0.25) is 0 Å². The highest BCUT2D eigenvalue weighted by Gasteiger charge is 2.30. The number of rotatable bonds is 1. The molecular weight excluding hydrogens is 200 g/mol. The quantitative estimate of drug-likeness (QED) is 0.605. The SMILES string of the molecule is COC1=C(Br)C(C)OC1=O. The van der Waals surface area contributed by atoms with Crippen molar-refractivity contribution in [2.75, 3.05) is 7.11 Å². The minimum Gasteiger partial charge on any atom is -0.489 e. The largest absolute Gasteiger partial charge is 0.489 e. The lowest BCUT2D eigenvalue weighted by molar-refractivity contribution is -0.141. The molecule has 4 heteroatoms. The van der Waals surface area contributed by atoms with Gasteiger partial charge in [-0.05, 0) is 22.9 Å². The molecule has 10 heavy (non-hydrogen) atoms. The van der Waals surface area contributed by atoms with Crippen molar-refractivity contribution in [3.05, 3.63) is 10.2 Å². The molecule has 0 aromatic carbocycles. The molecule has 0 saturated heterocycles. The van der Waals surface area contributed by atoms with E-state index in [0.29, 0.717) is 4.48 Å². The molecule has 1 unspecified atom stereocenters. The van der Waals surface area contributed by atoms with Crippen LogP contribution in [0.2, 0.25) is 0 Å². The van der Waals surface area contributed by atoms with Gasteiger partial charge in [0.05, 0.1) is 11.6 Å². The van der Waals surface area contributed by atoms with Gasteiger partial charge in [0.1, 0.15) is 6.10 Å². The molecule has 0 bridgehead atoms. The monoisotopic (exact) mass is 206 g/mol. The van der Waals surface area contributed by atoms with Gasteiger partial charge in [0, 0.05) is 0 Å². The summed E-state index contributed by atoms with van der Waals surface area (Å²) in [5.74, 6) is -0.130. The summed E-state index contributed by atoms with van der Waals surface area (Å²) in [4.78, 5) is 10.8. The van der Waals surface area contributed by atoms with Gasteiger partial charge < -0.3 is 9.47 Å². The van der Waals surface area contributed by atoms with Gasteiger partial charge in [0.25, 0.3) is 0 Å². The van der Waals surface area contributed by atoms with E-state index in [0.717, 1.165) is 0 Å². The maximum atomic E-state index is 10.8. The number of ether oxygens (including phenoxy) is 2. The van der Waals surface area contributed by atoms with Crippen LogP contribution < -0.4 is 0 Å². The summed E-state index contributed by atoms with van der Waals surface area (Å²) in [6, 6.07) is 0. The fourth-order valence-corrected chi connectivity index (χ4v) is 1.15. The highest BCUT2D eigenvalue weighted by Crippen LogP contribution is 2.27. The Morgan fingerprint density at radius 1 is 1.70 bits per heavy atom. The molecule has 0 spiro atoms. The number of hydrogen-bond acceptors (Lipinski definition) is 3. The summed E-state index contributed by atoms with van der Waals surface area (Å²) in [7, 11) is 1.44. The number of carbonyl (C=O) groups excluding carboxylic acids is 1. The molecule has 0 aromatic rings. The molecule has 1 aliphatic rings. The third-order valence-corrected chi connectivity index (χ3v) is 2.25. The number of esters is 1. The van der Waals surface area contributed by atoms with Gasteiger partial charge in [0.15, 0.2) is 0 Å². The summed E-state index contributed by atoms with van der Waals surface area (Å²) < 4.78 is 10.2. The van der Waals surface area contributed by atoms with E-state index in [1.807, 2.05) is 0 Å². The van der Waals surface area contributed by atoms with E-state index < -0.39 is 5.97 Å². The molecule has 0 N–H and O–H groups in total. The Morgan fingerprint density at radius 3 is 2.50 bits per heavy atom. The van der Waals surface area contributed by atoms with Gasteiger partial charge in [0.2, 0.25) is 5.76 Å². The number of carbonyl (C=O) groups is 1. The molecular formula is C6H7BrO3. The van der Waals surface area contributed by atoms with Gasteiger partial charge in [-0.1, -0.05) is 0 Å². The summed E-state index contributed by atoms with van der Waals surface area (Å²) in [6.45, 7) is 1.77. The first-order valence-corrected chi connectivity index (χ1v) is 3.60. The van der Waals surface area contributed by atoms with Crippen molar-refractivity contribution in [3.63, 3.8) is 0 Å². The molecule has 1 rings (SSSR count). The molecule has 56 valence electrons. The van der Waals surface area contributed by atoms with Crippen LogP contribution in [0.5, 0.6) is 0 Å². The van der Waals surface area contributed by atoms with Crippen molar-refractivity contribution in [3.8, 4) is 0 Å². The maximum Gasteiger partial charge on any atom is 0.375 e. The van der Waals surface area contributed by atoms with E-state index >= 15 is 0 Å². The highest BCUT2D eigenvalue weighted by atomic mass is 79.9. The fraction of sp³-hybridized carbons (Fsp3) is 0.500. The molecule has 0 amide bonds. The van der Waals surface area contributed by atoms with Gasteiger partial charge in [-0.15, -0.1) is 0 Å². The molecule has 3 nitrogen and oxygen atoms in total. The van der Waals surface area contributed by atoms with Crippen LogP contribution in [0.3, 0.4) is 0 Å². The van der Waals surface area contributed by atoms with Crippen LogP contribution in [0.4, 0.5) is 0 Å². The average molecular weight is 207 g/mol.